The van der Waals surface area contributed by atoms with Crippen molar-refractivity contribution >= 4 is 40.0 Å². The number of ether oxygens (including phenoxy) is 1. The second-order valence-corrected chi connectivity index (χ2v) is 10.9. The Labute approximate surface area is 210 Å². The Hall–Kier alpha value is -0.910. The van der Waals surface area contributed by atoms with Crippen LogP contribution in [0.5, 0.6) is 0 Å². The Bertz CT molecular complexity index is 860. The van der Waals surface area contributed by atoms with Crippen molar-refractivity contribution in [1.29, 1.82) is 0 Å². The highest BCUT2D eigenvalue weighted by molar-refractivity contribution is 14.0. The van der Waals surface area contributed by atoms with E-state index < -0.39 is 10.0 Å². The molecule has 3 aliphatic rings. The predicted molar refractivity (Wildman–Crippen MR) is 139 cm³/mol. The number of morpholine rings is 1. The fourth-order valence-corrected chi connectivity index (χ4v) is 6.69. The molecule has 180 valence electrons. The van der Waals surface area contributed by atoms with Crippen LogP contribution in [0, 0.1) is 11.8 Å². The number of halogens is 1. The van der Waals surface area contributed by atoms with E-state index in [1.54, 1.807) is 4.31 Å². The first kappa shape index (κ1) is 25.7. The van der Waals surface area contributed by atoms with Gasteiger partial charge in [0, 0.05) is 32.7 Å². The molecule has 0 radical (unpaired) electrons. The molecule has 0 aromatic heterocycles. The molecule has 1 saturated carbocycles. The molecule has 9 heteroatoms. The standard InChI is InChI=1S/C23H36N4O3S.HI/c1-2-24-23(26-16-20-8-4-5-9-21(20)17-26)25-15-19-7-3-6-10-22(19)18-31(28,29)27-11-13-30-14-12-27;/h3,6-7,10,20-21H,2,4-5,8-9,11-18H2,1H3,(H,24,25);1H. The lowest BCUT2D eigenvalue weighted by atomic mass is 9.82. The molecule has 2 unspecified atom stereocenters. The third-order valence-electron chi connectivity index (χ3n) is 6.83. The van der Waals surface area contributed by atoms with E-state index in [-0.39, 0.29) is 29.7 Å². The third kappa shape index (κ3) is 6.36. The van der Waals surface area contributed by atoms with Crippen LogP contribution in [0.4, 0.5) is 0 Å². The zero-order valence-corrected chi connectivity index (χ0v) is 22.2. The molecular formula is C23H37IN4O3S. The minimum Gasteiger partial charge on any atom is -0.379 e. The molecule has 0 amide bonds. The van der Waals surface area contributed by atoms with E-state index in [0.29, 0.717) is 32.8 Å². The van der Waals surface area contributed by atoms with E-state index in [9.17, 15) is 8.42 Å². The van der Waals surface area contributed by atoms with Gasteiger partial charge in [0.15, 0.2) is 5.96 Å². The van der Waals surface area contributed by atoms with Crippen molar-refractivity contribution in [3.05, 3.63) is 35.4 Å². The van der Waals surface area contributed by atoms with Crippen molar-refractivity contribution in [2.24, 2.45) is 16.8 Å². The van der Waals surface area contributed by atoms with Crippen LogP contribution in [0.3, 0.4) is 0 Å². The molecule has 7 nitrogen and oxygen atoms in total. The zero-order chi connectivity index (χ0) is 21.7. The van der Waals surface area contributed by atoms with Crippen molar-refractivity contribution < 1.29 is 13.2 Å². The average molecular weight is 577 g/mol. The molecule has 0 bridgehead atoms. The maximum absolute atomic E-state index is 12.9. The molecule has 3 fully saturated rings. The van der Waals surface area contributed by atoms with Crippen molar-refractivity contribution in [1.82, 2.24) is 14.5 Å². The Morgan fingerprint density at radius 3 is 2.34 bits per heavy atom. The fourth-order valence-electron chi connectivity index (χ4n) is 5.13. The number of likely N-dealkylation sites (tertiary alicyclic amines) is 1. The van der Waals surface area contributed by atoms with Gasteiger partial charge in [0.25, 0.3) is 0 Å². The summed E-state index contributed by atoms with van der Waals surface area (Å²) in [7, 11) is -3.36. The molecule has 1 N–H and O–H groups in total. The van der Waals surface area contributed by atoms with Gasteiger partial charge in [-0.05, 0) is 42.7 Å². The van der Waals surface area contributed by atoms with Gasteiger partial charge in [0.05, 0.1) is 25.5 Å². The van der Waals surface area contributed by atoms with E-state index in [0.717, 1.165) is 48.6 Å². The summed E-state index contributed by atoms with van der Waals surface area (Å²) in [4.78, 5) is 7.34. The molecule has 2 heterocycles. The Morgan fingerprint density at radius 1 is 1.09 bits per heavy atom. The fraction of sp³-hybridized carbons (Fsp3) is 0.696. The van der Waals surface area contributed by atoms with Crippen LogP contribution >= 0.6 is 24.0 Å². The second kappa shape index (κ2) is 12.0. The molecule has 1 aromatic carbocycles. The normalized spacial score (nSPS) is 24.7. The van der Waals surface area contributed by atoms with Gasteiger partial charge < -0.3 is 15.0 Å². The topological polar surface area (TPSA) is 74.2 Å². The minimum atomic E-state index is -3.36. The van der Waals surface area contributed by atoms with Crippen LogP contribution in [-0.2, 0) is 27.1 Å². The highest BCUT2D eigenvalue weighted by Gasteiger charge is 2.35. The Balaban J connectivity index is 0.00000289. The van der Waals surface area contributed by atoms with Crippen LogP contribution in [0.2, 0.25) is 0 Å². The molecule has 1 aliphatic carbocycles. The first-order valence-electron chi connectivity index (χ1n) is 11.7. The van der Waals surface area contributed by atoms with Crippen LogP contribution < -0.4 is 5.32 Å². The summed E-state index contributed by atoms with van der Waals surface area (Å²) in [5.74, 6) is 2.57. The predicted octanol–water partition coefficient (Wildman–Crippen LogP) is 3.05. The van der Waals surface area contributed by atoms with Crippen molar-refractivity contribution in [2.45, 2.75) is 44.9 Å². The van der Waals surface area contributed by atoms with E-state index in [1.165, 1.54) is 25.7 Å². The lowest BCUT2D eigenvalue weighted by molar-refractivity contribution is 0.0729. The summed E-state index contributed by atoms with van der Waals surface area (Å²) in [6.07, 6.45) is 5.38. The molecule has 2 aliphatic heterocycles. The number of rotatable bonds is 6. The van der Waals surface area contributed by atoms with Gasteiger partial charge in [-0.1, -0.05) is 37.1 Å². The molecular weight excluding hydrogens is 539 g/mol. The largest absolute Gasteiger partial charge is 0.379 e. The number of nitrogens with one attached hydrogen (secondary N) is 1. The molecule has 2 saturated heterocycles. The van der Waals surface area contributed by atoms with Gasteiger partial charge in [-0.25, -0.2) is 13.4 Å². The number of guanidine groups is 1. The number of hydrogen-bond donors (Lipinski definition) is 1. The highest BCUT2D eigenvalue weighted by Crippen LogP contribution is 2.36. The van der Waals surface area contributed by atoms with Gasteiger partial charge in [-0.15, -0.1) is 24.0 Å². The summed E-state index contributed by atoms with van der Waals surface area (Å²) >= 11 is 0. The van der Waals surface area contributed by atoms with E-state index in [1.807, 2.05) is 24.3 Å². The molecule has 0 spiro atoms. The molecule has 2 atom stereocenters. The third-order valence-corrected chi connectivity index (χ3v) is 8.66. The number of sulfonamides is 1. The number of benzene rings is 1. The van der Waals surface area contributed by atoms with Crippen molar-refractivity contribution in [2.75, 3.05) is 45.9 Å². The van der Waals surface area contributed by atoms with Crippen LogP contribution in [-0.4, -0.2) is 69.5 Å². The Morgan fingerprint density at radius 2 is 1.72 bits per heavy atom. The first-order chi connectivity index (χ1) is 15.1. The van der Waals surface area contributed by atoms with E-state index in [4.69, 9.17) is 9.73 Å². The van der Waals surface area contributed by atoms with E-state index in [2.05, 4.69) is 17.1 Å². The second-order valence-electron chi connectivity index (χ2n) is 8.92. The van der Waals surface area contributed by atoms with Gasteiger partial charge in [0.2, 0.25) is 10.0 Å². The maximum atomic E-state index is 12.9. The lowest BCUT2D eigenvalue weighted by Gasteiger charge is -2.26. The number of fused-ring (bicyclic) bond motifs is 1. The maximum Gasteiger partial charge on any atom is 0.218 e. The number of hydrogen-bond acceptors (Lipinski definition) is 4. The SMILES string of the molecule is CCNC(=NCc1ccccc1CS(=O)(=O)N1CCOCC1)N1CC2CCCCC2C1.I. The van der Waals surface area contributed by atoms with Crippen LogP contribution in [0.15, 0.2) is 29.3 Å². The summed E-state index contributed by atoms with van der Waals surface area (Å²) in [6.45, 7) is 7.40. The van der Waals surface area contributed by atoms with Gasteiger partial charge >= 0.3 is 0 Å². The van der Waals surface area contributed by atoms with Gasteiger partial charge in [-0.2, -0.15) is 4.31 Å². The van der Waals surface area contributed by atoms with Crippen molar-refractivity contribution in [3.8, 4) is 0 Å². The first-order valence-corrected chi connectivity index (χ1v) is 13.3. The molecule has 1 aromatic rings. The van der Waals surface area contributed by atoms with Gasteiger partial charge in [-0.3, -0.25) is 0 Å². The monoisotopic (exact) mass is 576 g/mol. The van der Waals surface area contributed by atoms with Crippen molar-refractivity contribution in [3.63, 3.8) is 0 Å². The molecule has 4 rings (SSSR count). The minimum absolute atomic E-state index is 0. The average Bonchev–Trinajstić information content (AvgIpc) is 3.22. The zero-order valence-electron chi connectivity index (χ0n) is 19.0. The summed E-state index contributed by atoms with van der Waals surface area (Å²) in [6, 6.07) is 7.79. The number of nitrogens with zero attached hydrogens (tertiary/aromatic N) is 3. The molecule has 32 heavy (non-hydrogen) atoms. The summed E-state index contributed by atoms with van der Waals surface area (Å²) in [5.41, 5.74) is 1.81. The van der Waals surface area contributed by atoms with Crippen LogP contribution in [0.1, 0.15) is 43.7 Å². The lowest BCUT2D eigenvalue weighted by Crippen LogP contribution is -2.41. The quantitative estimate of drug-likeness (QED) is 0.320. The van der Waals surface area contributed by atoms with Gasteiger partial charge in [0.1, 0.15) is 0 Å². The number of aliphatic imine (C=N–C) groups is 1. The van der Waals surface area contributed by atoms with E-state index >= 15 is 0 Å². The smallest absolute Gasteiger partial charge is 0.218 e. The summed E-state index contributed by atoms with van der Waals surface area (Å²) < 4.78 is 32.7. The highest BCUT2D eigenvalue weighted by atomic mass is 127. The summed E-state index contributed by atoms with van der Waals surface area (Å²) in [5, 5.41) is 3.46. The van der Waals surface area contributed by atoms with Crippen LogP contribution in [0.25, 0.3) is 0 Å². The Kier molecular flexibility index (Phi) is 9.63.